The molecule has 168 valence electrons. The van der Waals surface area contributed by atoms with E-state index < -0.39 is 0 Å². The van der Waals surface area contributed by atoms with E-state index in [0.29, 0.717) is 27.8 Å². The lowest BCUT2D eigenvalue weighted by Gasteiger charge is -2.12. The zero-order chi connectivity index (χ0) is 23.4. The number of carbonyl (C=O) groups is 1. The summed E-state index contributed by atoms with van der Waals surface area (Å²) in [6, 6.07) is 15.3. The Morgan fingerprint density at radius 2 is 1.67 bits per heavy atom. The number of pyridine rings is 2. The zero-order valence-corrected chi connectivity index (χ0v) is 19.8. The van der Waals surface area contributed by atoms with Crippen molar-refractivity contribution in [3.8, 4) is 11.5 Å². The normalized spacial score (nSPS) is 10.8. The summed E-state index contributed by atoms with van der Waals surface area (Å²) in [6.45, 7) is 4.02. The number of hydrogen-bond donors (Lipinski definition) is 1. The molecule has 0 unspecified atom stereocenters. The van der Waals surface area contributed by atoms with E-state index in [4.69, 9.17) is 9.47 Å². The molecule has 7 heteroatoms. The second-order valence-corrected chi connectivity index (χ2v) is 8.63. The highest BCUT2D eigenvalue weighted by atomic mass is 32.2. The lowest BCUT2D eigenvalue weighted by molar-refractivity contribution is 0.102. The third kappa shape index (κ3) is 5.09. The maximum absolute atomic E-state index is 13.0. The average molecular weight is 460 g/mol. The minimum Gasteiger partial charge on any atom is -0.493 e. The molecule has 0 spiro atoms. The predicted octanol–water partition coefficient (Wildman–Crippen LogP) is 5.81. The van der Waals surface area contributed by atoms with Crippen LogP contribution in [0.5, 0.6) is 11.5 Å². The molecule has 0 radical (unpaired) electrons. The maximum Gasteiger partial charge on any atom is 0.258 e. The van der Waals surface area contributed by atoms with E-state index in [1.54, 1.807) is 38.7 Å². The number of anilines is 1. The van der Waals surface area contributed by atoms with Gasteiger partial charge in [-0.3, -0.25) is 9.78 Å². The van der Waals surface area contributed by atoms with Crippen LogP contribution in [0.1, 0.15) is 27.0 Å². The lowest BCUT2D eigenvalue weighted by Crippen LogP contribution is -2.14. The number of rotatable bonds is 7. The van der Waals surface area contributed by atoms with Crippen LogP contribution in [0.3, 0.4) is 0 Å². The van der Waals surface area contributed by atoms with Gasteiger partial charge in [0.15, 0.2) is 11.5 Å². The first-order valence-corrected chi connectivity index (χ1v) is 11.4. The summed E-state index contributed by atoms with van der Waals surface area (Å²) in [5.41, 5.74) is 5.40. The number of ether oxygens (including phenoxy) is 2. The van der Waals surface area contributed by atoms with Crippen LogP contribution < -0.4 is 14.8 Å². The summed E-state index contributed by atoms with van der Waals surface area (Å²) in [7, 11) is 3.22. The number of benzene rings is 2. The lowest BCUT2D eigenvalue weighted by atomic mass is 10.1. The molecule has 0 fully saturated rings. The molecule has 1 N–H and O–H groups in total. The van der Waals surface area contributed by atoms with Gasteiger partial charge in [-0.25, -0.2) is 4.98 Å². The molecule has 2 heterocycles. The Morgan fingerprint density at radius 3 is 2.39 bits per heavy atom. The van der Waals surface area contributed by atoms with E-state index >= 15 is 0 Å². The summed E-state index contributed by atoms with van der Waals surface area (Å²) in [5.74, 6) is 1.73. The van der Waals surface area contributed by atoms with Gasteiger partial charge < -0.3 is 14.8 Å². The third-order valence-electron chi connectivity index (χ3n) is 5.20. The molecule has 6 nitrogen and oxygen atoms in total. The van der Waals surface area contributed by atoms with Gasteiger partial charge in [-0.1, -0.05) is 6.07 Å². The van der Waals surface area contributed by atoms with Gasteiger partial charge in [0.1, 0.15) is 5.03 Å². The molecule has 0 saturated heterocycles. The van der Waals surface area contributed by atoms with Gasteiger partial charge in [0, 0.05) is 35.3 Å². The van der Waals surface area contributed by atoms with E-state index in [1.165, 1.54) is 11.8 Å². The highest BCUT2D eigenvalue weighted by molar-refractivity contribution is 7.98. The molecule has 0 aliphatic heterocycles. The Bertz CT molecular complexity index is 1300. The molecule has 0 aliphatic rings. The van der Waals surface area contributed by atoms with Gasteiger partial charge >= 0.3 is 0 Å². The average Bonchev–Trinajstić information content (AvgIpc) is 2.81. The fourth-order valence-electron chi connectivity index (χ4n) is 3.73. The fourth-order valence-corrected chi connectivity index (χ4v) is 4.72. The Morgan fingerprint density at radius 1 is 0.939 bits per heavy atom. The second kappa shape index (κ2) is 9.92. The van der Waals surface area contributed by atoms with Gasteiger partial charge in [0.25, 0.3) is 5.91 Å². The first kappa shape index (κ1) is 22.6. The number of amides is 1. The molecular formula is C26H25N3O3S. The van der Waals surface area contributed by atoms with Gasteiger partial charge in [0.2, 0.25) is 0 Å². The molecule has 0 aliphatic carbocycles. The van der Waals surface area contributed by atoms with Crippen molar-refractivity contribution < 1.29 is 14.3 Å². The summed E-state index contributed by atoms with van der Waals surface area (Å²) in [5, 5.41) is 4.65. The summed E-state index contributed by atoms with van der Waals surface area (Å²) in [4.78, 5) is 22.0. The van der Waals surface area contributed by atoms with Crippen molar-refractivity contribution in [2.75, 3.05) is 19.5 Å². The first-order chi connectivity index (χ1) is 16.0. The highest BCUT2D eigenvalue weighted by Crippen LogP contribution is 2.35. The second-order valence-electron chi connectivity index (χ2n) is 7.67. The Kier molecular flexibility index (Phi) is 6.79. The number of fused-ring (bicyclic) bond motifs is 1. The number of aryl methyl sites for hydroxylation is 2. The zero-order valence-electron chi connectivity index (χ0n) is 19.0. The molecule has 0 bridgehead atoms. The van der Waals surface area contributed by atoms with Crippen LogP contribution in [-0.4, -0.2) is 30.1 Å². The predicted molar refractivity (Wildman–Crippen MR) is 133 cm³/mol. The Labute approximate surface area is 197 Å². The first-order valence-electron chi connectivity index (χ1n) is 10.5. The van der Waals surface area contributed by atoms with Crippen LogP contribution in [0.15, 0.2) is 66.0 Å². The van der Waals surface area contributed by atoms with Gasteiger partial charge in [-0.15, -0.1) is 11.8 Å². The third-order valence-corrected chi connectivity index (χ3v) is 6.25. The molecule has 2 aromatic carbocycles. The van der Waals surface area contributed by atoms with Crippen molar-refractivity contribution in [1.29, 1.82) is 0 Å². The molecule has 1 amide bonds. The van der Waals surface area contributed by atoms with Gasteiger partial charge in [-0.05, 0) is 66.9 Å². The van der Waals surface area contributed by atoms with Gasteiger partial charge in [-0.2, -0.15) is 0 Å². The molecular weight excluding hydrogens is 434 g/mol. The minimum absolute atomic E-state index is 0.179. The molecule has 4 aromatic rings. The minimum atomic E-state index is -0.179. The van der Waals surface area contributed by atoms with E-state index in [1.807, 2.05) is 44.2 Å². The number of methoxy groups -OCH3 is 2. The van der Waals surface area contributed by atoms with Crippen molar-refractivity contribution in [2.45, 2.75) is 24.6 Å². The summed E-state index contributed by atoms with van der Waals surface area (Å²) in [6.07, 6.45) is 3.48. The number of nitrogens with zero attached hydrogens (tertiary/aromatic N) is 2. The van der Waals surface area contributed by atoms with E-state index in [9.17, 15) is 4.79 Å². The van der Waals surface area contributed by atoms with Gasteiger partial charge in [0.05, 0.1) is 25.3 Å². The summed E-state index contributed by atoms with van der Waals surface area (Å²) >= 11 is 1.51. The van der Waals surface area contributed by atoms with Crippen molar-refractivity contribution >= 4 is 34.3 Å². The fraction of sp³-hybridized carbons (Fsp3) is 0.192. The molecule has 0 atom stereocenters. The van der Waals surface area contributed by atoms with Crippen LogP contribution in [0, 0.1) is 13.8 Å². The van der Waals surface area contributed by atoms with E-state index in [-0.39, 0.29) is 5.91 Å². The number of aromatic nitrogens is 2. The molecule has 0 saturated carbocycles. The molecule has 4 rings (SSSR count). The SMILES string of the molecule is COc1cc2nccc(CSc3ncccc3C(=O)Nc3cc(C)cc(C)c3)c2cc1OC. The van der Waals surface area contributed by atoms with Crippen molar-refractivity contribution in [3.05, 3.63) is 83.2 Å². The summed E-state index contributed by atoms with van der Waals surface area (Å²) < 4.78 is 10.9. The standard InChI is InChI=1S/C26H25N3O3S/c1-16-10-17(2)12-19(11-16)29-25(30)20-6-5-8-28-26(20)33-15-18-7-9-27-22-14-24(32-4)23(31-3)13-21(18)22/h5-14H,15H2,1-4H3,(H,29,30). The maximum atomic E-state index is 13.0. The molecule has 33 heavy (non-hydrogen) atoms. The van der Waals surface area contributed by atoms with Crippen LogP contribution in [0.25, 0.3) is 10.9 Å². The van der Waals surface area contributed by atoms with Crippen molar-refractivity contribution in [1.82, 2.24) is 9.97 Å². The van der Waals surface area contributed by atoms with Crippen LogP contribution >= 0.6 is 11.8 Å². The van der Waals surface area contributed by atoms with E-state index in [0.717, 1.165) is 33.3 Å². The number of thioether (sulfide) groups is 1. The number of carbonyl (C=O) groups excluding carboxylic acids is 1. The quantitative estimate of drug-likeness (QED) is 0.352. The number of nitrogens with one attached hydrogen (secondary N) is 1. The van der Waals surface area contributed by atoms with Crippen LogP contribution in [0.2, 0.25) is 0 Å². The van der Waals surface area contributed by atoms with Crippen LogP contribution in [-0.2, 0) is 5.75 Å². The molecule has 2 aromatic heterocycles. The smallest absolute Gasteiger partial charge is 0.258 e. The van der Waals surface area contributed by atoms with Crippen molar-refractivity contribution in [2.24, 2.45) is 0 Å². The largest absolute Gasteiger partial charge is 0.493 e. The Balaban J connectivity index is 1.59. The van der Waals surface area contributed by atoms with E-state index in [2.05, 4.69) is 21.4 Å². The monoisotopic (exact) mass is 459 g/mol. The number of hydrogen-bond acceptors (Lipinski definition) is 6. The Hall–Kier alpha value is -3.58. The highest BCUT2D eigenvalue weighted by Gasteiger charge is 2.15. The van der Waals surface area contributed by atoms with Crippen LogP contribution in [0.4, 0.5) is 5.69 Å². The topological polar surface area (TPSA) is 73.3 Å². The van der Waals surface area contributed by atoms with Crippen molar-refractivity contribution in [3.63, 3.8) is 0 Å².